The fourth-order valence-electron chi connectivity index (χ4n) is 1.46. The van der Waals surface area contributed by atoms with Crippen molar-refractivity contribution in [3.63, 3.8) is 0 Å². The predicted octanol–water partition coefficient (Wildman–Crippen LogP) is 2.91. The number of benzene rings is 1. The minimum Gasteiger partial charge on any atom is -0.466 e. The van der Waals surface area contributed by atoms with Gasteiger partial charge in [-0.3, -0.25) is 0 Å². The Labute approximate surface area is 90.6 Å². The van der Waals surface area contributed by atoms with Gasteiger partial charge in [0.15, 0.2) is 0 Å². The van der Waals surface area contributed by atoms with Gasteiger partial charge in [0.25, 0.3) is 0 Å². The van der Waals surface area contributed by atoms with Gasteiger partial charge in [-0.2, -0.15) is 0 Å². The van der Waals surface area contributed by atoms with Crippen LogP contribution in [0.5, 0.6) is 0 Å². The summed E-state index contributed by atoms with van der Waals surface area (Å²) in [5, 5.41) is 0. The molecule has 0 aliphatic carbocycles. The van der Waals surface area contributed by atoms with Gasteiger partial charge in [-0.05, 0) is 18.4 Å². The van der Waals surface area contributed by atoms with Crippen LogP contribution >= 0.6 is 0 Å². The van der Waals surface area contributed by atoms with Gasteiger partial charge in [-0.25, -0.2) is 4.79 Å². The summed E-state index contributed by atoms with van der Waals surface area (Å²) in [6.07, 6.45) is 1.92. The first kappa shape index (κ1) is 11.5. The van der Waals surface area contributed by atoms with Crippen LogP contribution in [0.2, 0.25) is 0 Å². The third-order valence-electron chi connectivity index (χ3n) is 2.33. The van der Waals surface area contributed by atoms with E-state index in [2.05, 4.69) is 11.7 Å². The minimum absolute atomic E-state index is 0.227. The van der Waals surface area contributed by atoms with Crippen molar-refractivity contribution in [1.82, 2.24) is 0 Å². The summed E-state index contributed by atoms with van der Waals surface area (Å²) < 4.78 is 4.64. The highest BCUT2D eigenvalue weighted by molar-refractivity contribution is 5.87. The molecule has 0 saturated carbocycles. The zero-order valence-corrected chi connectivity index (χ0v) is 9.36. The van der Waals surface area contributed by atoms with Crippen LogP contribution in [0.25, 0.3) is 0 Å². The number of esters is 1. The van der Waals surface area contributed by atoms with Crippen molar-refractivity contribution in [3.8, 4) is 0 Å². The first-order valence-corrected chi connectivity index (χ1v) is 4.97. The highest BCUT2D eigenvalue weighted by Crippen LogP contribution is 2.17. The summed E-state index contributed by atoms with van der Waals surface area (Å²) in [6.45, 7) is 3.83. The summed E-state index contributed by atoms with van der Waals surface area (Å²) in [7, 11) is 1.40. The van der Waals surface area contributed by atoms with Gasteiger partial charge in [0.05, 0.1) is 7.11 Å². The van der Waals surface area contributed by atoms with Crippen LogP contribution in [0.1, 0.15) is 25.3 Å². The normalized spacial score (nSPS) is 13.4. The SMILES string of the molecule is COC(=O)/C(C)=C/C(C)c1ccccc1. The molecule has 0 N–H and O–H groups in total. The molecule has 0 heterocycles. The lowest BCUT2D eigenvalue weighted by Gasteiger charge is -2.07. The molecule has 2 nitrogen and oxygen atoms in total. The van der Waals surface area contributed by atoms with Gasteiger partial charge in [0, 0.05) is 5.57 Å². The van der Waals surface area contributed by atoms with E-state index in [-0.39, 0.29) is 11.9 Å². The van der Waals surface area contributed by atoms with Gasteiger partial charge in [-0.1, -0.05) is 43.3 Å². The van der Waals surface area contributed by atoms with Crippen LogP contribution in [-0.4, -0.2) is 13.1 Å². The molecule has 1 aromatic rings. The molecule has 0 saturated heterocycles. The summed E-state index contributed by atoms with van der Waals surface area (Å²) in [5.41, 5.74) is 1.84. The van der Waals surface area contributed by atoms with E-state index in [1.807, 2.05) is 36.4 Å². The third kappa shape index (κ3) is 3.24. The van der Waals surface area contributed by atoms with Crippen molar-refractivity contribution >= 4 is 5.97 Å². The molecular formula is C13H16O2. The Morgan fingerprint density at radius 1 is 1.33 bits per heavy atom. The second kappa shape index (κ2) is 5.35. The highest BCUT2D eigenvalue weighted by Gasteiger charge is 2.07. The maximum Gasteiger partial charge on any atom is 0.333 e. The van der Waals surface area contributed by atoms with Crippen molar-refractivity contribution in [2.45, 2.75) is 19.8 Å². The first-order valence-electron chi connectivity index (χ1n) is 4.97. The Balaban J connectivity index is 2.79. The average molecular weight is 204 g/mol. The van der Waals surface area contributed by atoms with E-state index < -0.39 is 0 Å². The minimum atomic E-state index is -0.266. The van der Waals surface area contributed by atoms with Crippen molar-refractivity contribution in [3.05, 3.63) is 47.5 Å². The number of carbonyl (C=O) groups is 1. The van der Waals surface area contributed by atoms with Crippen LogP contribution < -0.4 is 0 Å². The number of hydrogen-bond acceptors (Lipinski definition) is 2. The smallest absolute Gasteiger partial charge is 0.333 e. The molecule has 0 aliphatic rings. The van der Waals surface area contributed by atoms with Gasteiger partial charge in [0.2, 0.25) is 0 Å². The molecule has 0 aromatic heterocycles. The maximum atomic E-state index is 11.2. The zero-order chi connectivity index (χ0) is 11.3. The van der Waals surface area contributed by atoms with Gasteiger partial charge < -0.3 is 4.74 Å². The molecule has 15 heavy (non-hydrogen) atoms. The molecule has 0 aliphatic heterocycles. The Morgan fingerprint density at radius 3 is 2.47 bits per heavy atom. The van der Waals surface area contributed by atoms with Gasteiger partial charge >= 0.3 is 5.97 Å². The van der Waals surface area contributed by atoms with Gasteiger partial charge in [0.1, 0.15) is 0 Å². The largest absolute Gasteiger partial charge is 0.466 e. The number of carbonyl (C=O) groups excluding carboxylic acids is 1. The molecule has 2 heteroatoms. The number of allylic oxidation sites excluding steroid dienone is 1. The molecule has 0 spiro atoms. The monoisotopic (exact) mass is 204 g/mol. The van der Waals surface area contributed by atoms with E-state index in [1.165, 1.54) is 12.7 Å². The summed E-state index contributed by atoms with van der Waals surface area (Å²) in [4.78, 5) is 11.2. The molecular weight excluding hydrogens is 188 g/mol. The summed E-state index contributed by atoms with van der Waals surface area (Å²) in [6, 6.07) is 10.1. The molecule has 1 unspecified atom stereocenters. The van der Waals surface area contributed by atoms with Crippen LogP contribution in [0, 0.1) is 0 Å². The Hall–Kier alpha value is -1.57. The van der Waals surface area contributed by atoms with Crippen molar-refractivity contribution in [2.24, 2.45) is 0 Å². The fourth-order valence-corrected chi connectivity index (χ4v) is 1.46. The molecule has 0 amide bonds. The molecule has 80 valence electrons. The Morgan fingerprint density at radius 2 is 1.93 bits per heavy atom. The molecule has 0 bridgehead atoms. The molecule has 1 rings (SSSR count). The molecule has 0 radical (unpaired) electrons. The third-order valence-corrected chi connectivity index (χ3v) is 2.33. The first-order chi connectivity index (χ1) is 7.15. The van der Waals surface area contributed by atoms with E-state index >= 15 is 0 Å². The summed E-state index contributed by atoms with van der Waals surface area (Å²) >= 11 is 0. The van der Waals surface area contributed by atoms with E-state index in [4.69, 9.17) is 0 Å². The number of hydrogen-bond donors (Lipinski definition) is 0. The van der Waals surface area contributed by atoms with E-state index in [1.54, 1.807) is 6.92 Å². The number of methoxy groups -OCH3 is 1. The van der Waals surface area contributed by atoms with Crippen LogP contribution in [-0.2, 0) is 9.53 Å². The molecule has 0 fully saturated rings. The van der Waals surface area contributed by atoms with E-state index in [0.717, 1.165) is 0 Å². The van der Waals surface area contributed by atoms with E-state index in [9.17, 15) is 4.79 Å². The standard InChI is InChI=1S/C13H16O2/c1-10(9-11(2)13(14)15-3)12-7-5-4-6-8-12/h4-10H,1-3H3/b11-9+. The van der Waals surface area contributed by atoms with E-state index in [0.29, 0.717) is 5.57 Å². The molecule has 1 aromatic carbocycles. The second-order valence-corrected chi connectivity index (χ2v) is 3.54. The fraction of sp³-hybridized carbons (Fsp3) is 0.308. The quantitative estimate of drug-likeness (QED) is 0.559. The highest BCUT2D eigenvalue weighted by atomic mass is 16.5. The lowest BCUT2D eigenvalue weighted by Crippen LogP contribution is -2.03. The zero-order valence-electron chi connectivity index (χ0n) is 9.36. The van der Waals surface area contributed by atoms with Crippen LogP contribution in [0.15, 0.2) is 42.0 Å². The van der Waals surface area contributed by atoms with Crippen molar-refractivity contribution in [2.75, 3.05) is 7.11 Å². The number of rotatable bonds is 3. The number of ether oxygens (including phenoxy) is 1. The average Bonchev–Trinajstić information content (AvgIpc) is 2.29. The Bertz CT molecular complexity index is 352. The van der Waals surface area contributed by atoms with Crippen LogP contribution in [0.4, 0.5) is 0 Å². The lowest BCUT2D eigenvalue weighted by atomic mass is 9.99. The second-order valence-electron chi connectivity index (χ2n) is 3.54. The van der Waals surface area contributed by atoms with Crippen molar-refractivity contribution in [1.29, 1.82) is 0 Å². The van der Waals surface area contributed by atoms with Crippen LogP contribution in [0.3, 0.4) is 0 Å². The topological polar surface area (TPSA) is 26.3 Å². The Kier molecular flexibility index (Phi) is 4.10. The molecule has 1 atom stereocenters. The lowest BCUT2D eigenvalue weighted by molar-refractivity contribution is -0.136. The van der Waals surface area contributed by atoms with Gasteiger partial charge in [-0.15, -0.1) is 0 Å². The summed E-state index contributed by atoms with van der Waals surface area (Å²) in [5.74, 6) is -0.0388. The predicted molar refractivity (Wildman–Crippen MR) is 60.6 cm³/mol. The maximum absolute atomic E-state index is 11.2. The van der Waals surface area contributed by atoms with Crippen molar-refractivity contribution < 1.29 is 9.53 Å².